The highest BCUT2D eigenvalue weighted by Gasteiger charge is 2.24. The van der Waals surface area contributed by atoms with Crippen LogP contribution >= 0.6 is 0 Å². The Kier molecular flexibility index (Phi) is 4.54. The van der Waals surface area contributed by atoms with Crippen molar-refractivity contribution in [2.24, 2.45) is 4.99 Å². The third-order valence-corrected chi connectivity index (χ3v) is 7.39. The number of nitrogens with zero attached hydrogens (tertiary/aromatic N) is 4. The van der Waals surface area contributed by atoms with E-state index in [4.69, 9.17) is 5.73 Å². The highest BCUT2D eigenvalue weighted by molar-refractivity contribution is 7.90. The van der Waals surface area contributed by atoms with Crippen LogP contribution in [-0.2, 0) is 10.0 Å². The molecule has 3 aromatic rings. The molecule has 8 nitrogen and oxygen atoms in total. The highest BCUT2D eigenvalue weighted by Crippen LogP contribution is 2.31. The molecule has 0 spiro atoms. The van der Waals surface area contributed by atoms with Gasteiger partial charge < -0.3 is 20.9 Å². The molecule has 9 heteroatoms. The number of nitrogens with two attached hydrogens (primary N) is 1. The largest absolute Gasteiger partial charge is 0.399 e. The van der Waals surface area contributed by atoms with Crippen LogP contribution in [0.1, 0.15) is 0 Å². The first-order valence-corrected chi connectivity index (χ1v) is 11.5. The van der Waals surface area contributed by atoms with Gasteiger partial charge in [0, 0.05) is 55.7 Å². The molecule has 156 valence electrons. The predicted molar refractivity (Wildman–Crippen MR) is 119 cm³/mol. The SMILES string of the molecule is Nc1ccc(S(=O)(=O)n2ccc3c(N4CCN(C5=NCCN5)CC4)cccc32)cc1. The summed E-state index contributed by atoms with van der Waals surface area (Å²) in [7, 11) is -3.70. The van der Waals surface area contributed by atoms with Crippen molar-refractivity contribution < 1.29 is 8.42 Å². The number of fused-ring (bicyclic) bond motifs is 1. The first-order chi connectivity index (χ1) is 14.5. The van der Waals surface area contributed by atoms with Gasteiger partial charge in [0.05, 0.1) is 17.0 Å². The number of hydrogen-bond acceptors (Lipinski definition) is 7. The minimum Gasteiger partial charge on any atom is -0.399 e. The summed E-state index contributed by atoms with van der Waals surface area (Å²) in [5.41, 5.74) is 7.97. The van der Waals surface area contributed by atoms with Gasteiger partial charge in [-0.15, -0.1) is 0 Å². The zero-order valence-electron chi connectivity index (χ0n) is 16.5. The molecule has 2 aromatic carbocycles. The molecule has 2 aliphatic heterocycles. The second-order valence-electron chi connectivity index (χ2n) is 7.50. The van der Waals surface area contributed by atoms with Crippen molar-refractivity contribution in [1.82, 2.24) is 14.2 Å². The minimum absolute atomic E-state index is 0.220. The first kappa shape index (κ1) is 18.8. The summed E-state index contributed by atoms with van der Waals surface area (Å²) in [6.07, 6.45) is 1.63. The highest BCUT2D eigenvalue weighted by atomic mass is 32.2. The van der Waals surface area contributed by atoms with Gasteiger partial charge in [0.15, 0.2) is 5.96 Å². The van der Waals surface area contributed by atoms with Crippen LogP contribution in [0.5, 0.6) is 0 Å². The Morgan fingerprint density at radius 2 is 1.67 bits per heavy atom. The van der Waals surface area contributed by atoms with Crippen molar-refractivity contribution in [3.8, 4) is 0 Å². The maximum Gasteiger partial charge on any atom is 0.268 e. The molecule has 1 fully saturated rings. The van der Waals surface area contributed by atoms with Gasteiger partial charge in [0.2, 0.25) is 0 Å². The molecule has 0 amide bonds. The second-order valence-corrected chi connectivity index (χ2v) is 9.32. The predicted octanol–water partition coefficient (Wildman–Crippen LogP) is 1.54. The molecule has 5 rings (SSSR count). The molecule has 0 saturated carbocycles. The molecule has 30 heavy (non-hydrogen) atoms. The minimum atomic E-state index is -3.70. The van der Waals surface area contributed by atoms with E-state index in [9.17, 15) is 8.42 Å². The van der Waals surface area contributed by atoms with E-state index in [-0.39, 0.29) is 4.90 Å². The average Bonchev–Trinajstić information content (AvgIpc) is 3.44. The van der Waals surface area contributed by atoms with E-state index in [0.29, 0.717) is 11.2 Å². The fourth-order valence-electron chi connectivity index (χ4n) is 4.12. The molecule has 0 unspecified atom stereocenters. The summed E-state index contributed by atoms with van der Waals surface area (Å²) in [6.45, 7) is 5.22. The summed E-state index contributed by atoms with van der Waals surface area (Å²) in [5.74, 6) is 0.994. The molecule has 0 atom stereocenters. The van der Waals surface area contributed by atoms with Crippen LogP contribution in [0.15, 0.2) is 64.6 Å². The van der Waals surface area contributed by atoms with Crippen molar-refractivity contribution in [1.29, 1.82) is 0 Å². The Morgan fingerprint density at radius 3 is 2.37 bits per heavy atom. The second kappa shape index (κ2) is 7.24. The lowest BCUT2D eigenvalue weighted by molar-refractivity contribution is 0.378. The fourth-order valence-corrected chi connectivity index (χ4v) is 5.47. The van der Waals surface area contributed by atoms with Gasteiger partial charge in [-0.3, -0.25) is 4.99 Å². The van der Waals surface area contributed by atoms with Crippen LogP contribution in [0.2, 0.25) is 0 Å². The van der Waals surface area contributed by atoms with E-state index in [0.717, 1.165) is 56.3 Å². The van der Waals surface area contributed by atoms with Crippen LogP contribution in [0.4, 0.5) is 11.4 Å². The van der Waals surface area contributed by atoms with E-state index < -0.39 is 10.0 Å². The lowest BCUT2D eigenvalue weighted by Crippen LogP contribution is -2.51. The van der Waals surface area contributed by atoms with Crippen molar-refractivity contribution in [3.05, 3.63) is 54.7 Å². The monoisotopic (exact) mass is 424 g/mol. The lowest BCUT2D eigenvalue weighted by atomic mass is 10.2. The number of anilines is 2. The number of nitrogen functional groups attached to an aromatic ring is 1. The van der Waals surface area contributed by atoms with Crippen molar-refractivity contribution in [3.63, 3.8) is 0 Å². The lowest BCUT2D eigenvalue weighted by Gasteiger charge is -2.37. The van der Waals surface area contributed by atoms with Gasteiger partial charge in [0.25, 0.3) is 10.0 Å². The van der Waals surface area contributed by atoms with Gasteiger partial charge in [-0.2, -0.15) is 0 Å². The van der Waals surface area contributed by atoms with Gasteiger partial charge in [-0.05, 0) is 42.5 Å². The van der Waals surface area contributed by atoms with Crippen LogP contribution in [0, 0.1) is 0 Å². The Hall–Kier alpha value is -3.20. The molecule has 0 bridgehead atoms. The van der Waals surface area contributed by atoms with E-state index in [2.05, 4.69) is 26.2 Å². The molecule has 3 heterocycles. The molecule has 1 saturated heterocycles. The molecular formula is C21H24N6O2S. The number of nitrogens with one attached hydrogen (secondary N) is 1. The zero-order valence-corrected chi connectivity index (χ0v) is 17.3. The molecule has 1 aromatic heterocycles. The maximum atomic E-state index is 13.2. The summed E-state index contributed by atoms with van der Waals surface area (Å²) in [6, 6.07) is 14.0. The number of piperazine rings is 1. The quantitative estimate of drug-likeness (QED) is 0.620. The van der Waals surface area contributed by atoms with E-state index >= 15 is 0 Å². The van der Waals surface area contributed by atoms with E-state index in [1.165, 1.54) is 3.97 Å². The van der Waals surface area contributed by atoms with Gasteiger partial charge in [-0.25, -0.2) is 12.4 Å². The number of hydrogen-bond donors (Lipinski definition) is 2. The van der Waals surface area contributed by atoms with E-state index in [1.54, 1.807) is 30.5 Å². The smallest absolute Gasteiger partial charge is 0.268 e. The van der Waals surface area contributed by atoms with E-state index in [1.807, 2.05) is 18.2 Å². The molecule has 0 radical (unpaired) electrons. The molecule has 0 aliphatic carbocycles. The summed E-state index contributed by atoms with van der Waals surface area (Å²) in [5, 5.41) is 4.26. The third-order valence-electron chi connectivity index (χ3n) is 5.69. The normalized spacial score (nSPS) is 17.3. The Labute approximate surface area is 175 Å². The summed E-state index contributed by atoms with van der Waals surface area (Å²) >= 11 is 0. The van der Waals surface area contributed by atoms with Gasteiger partial charge in [0.1, 0.15) is 0 Å². The number of aliphatic imine (C=N–C) groups is 1. The molecular weight excluding hydrogens is 400 g/mol. The number of rotatable bonds is 3. The van der Waals surface area contributed by atoms with Crippen LogP contribution in [0.25, 0.3) is 10.9 Å². The third kappa shape index (κ3) is 3.15. The number of benzene rings is 2. The first-order valence-electron chi connectivity index (χ1n) is 10.0. The van der Waals surface area contributed by atoms with Gasteiger partial charge >= 0.3 is 0 Å². The number of aromatic nitrogens is 1. The summed E-state index contributed by atoms with van der Waals surface area (Å²) in [4.78, 5) is 9.32. The fraction of sp³-hybridized carbons (Fsp3) is 0.286. The maximum absolute atomic E-state index is 13.2. The number of guanidine groups is 1. The van der Waals surface area contributed by atoms with Crippen molar-refractivity contribution in [2.45, 2.75) is 4.90 Å². The molecule has 3 N–H and O–H groups in total. The van der Waals surface area contributed by atoms with Crippen molar-refractivity contribution in [2.75, 3.05) is 49.9 Å². The Morgan fingerprint density at radius 1 is 0.933 bits per heavy atom. The molecule has 2 aliphatic rings. The Balaban J connectivity index is 1.45. The zero-order chi connectivity index (χ0) is 20.7. The van der Waals surface area contributed by atoms with Crippen LogP contribution in [-0.4, -0.2) is 62.5 Å². The summed E-state index contributed by atoms with van der Waals surface area (Å²) < 4.78 is 27.7. The standard InChI is InChI=1S/C21H24N6O2S/c22-16-4-6-17(7-5-16)30(28,29)27-11-8-18-19(2-1-3-20(18)27)25-12-14-26(15-13-25)21-23-9-10-24-21/h1-8,11H,9-10,12-15,22H2,(H,23,24). The van der Waals surface area contributed by atoms with Crippen molar-refractivity contribution >= 4 is 38.3 Å². The van der Waals surface area contributed by atoms with Gasteiger partial charge in [-0.1, -0.05) is 6.07 Å². The Bertz CT molecular complexity index is 1210. The average molecular weight is 425 g/mol. The van der Waals surface area contributed by atoms with Crippen LogP contribution < -0.4 is 16.0 Å². The topological polar surface area (TPSA) is 96.0 Å². The van der Waals surface area contributed by atoms with Crippen LogP contribution in [0.3, 0.4) is 0 Å².